The first kappa shape index (κ1) is 8.51. The van der Waals surface area contributed by atoms with Gasteiger partial charge in [0.2, 0.25) is 0 Å². The van der Waals surface area contributed by atoms with E-state index in [1.54, 1.807) is 6.07 Å². The molecule has 0 saturated carbocycles. The SMILES string of the molecule is Nc1cc(N)nc(CCI)n1. The number of anilines is 2. The molecular formula is C6H9IN4. The van der Waals surface area contributed by atoms with E-state index < -0.39 is 0 Å². The van der Waals surface area contributed by atoms with Crippen LogP contribution in [0.2, 0.25) is 0 Å². The fraction of sp³-hybridized carbons (Fsp3) is 0.333. The van der Waals surface area contributed by atoms with Gasteiger partial charge in [0.05, 0.1) is 0 Å². The second-order valence-corrected chi connectivity index (χ2v) is 3.15. The summed E-state index contributed by atoms with van der Waals surface area (Å²) in [6.45, 7) is 0. The van der Waals surface area contributed by atoms with Gasteiger partial charge < -0.3 is 11.5 Å². The fourth-order valence-electron chi connectivity index (χ4n) is 0.735. The van der Waals surface area contributed by atoms with Crippen molar-refractivity contribution in [2.24, 2.45) is 0 Å². The van der Waals surface area contributed by atoms with Crippen molar-refractivity contribution >= 4 is 34.2 Å². The Morgan fingerprint density at radius 2 is 1.82 bits per heavy atom. The molecule has 0 aliphatic heterocycles. The van der Waals surface area contributed by atoms with Crippen LogP contribution in [0.4, 0.5) is 11.6 Å². The molecule has 4 nitrogen and oxygen atoms in total. The Morgan fingerprint density at radius 1 is 1.27 bits per heavy atom. The quantitative estimate of drug-likeness (QED) is 0.606. The zero-order valence-corrected chi connectivity index (χ0v) is 8.08. The molecule has 1 aromatic heterocycles. The average molecular weight is 264 g/mol. The van der Waals surface area contributed by atoms with E-state index in [2.05, 4.69) is 32.6 Å². The number of aromatic nitrogens is 2. The molecule has 0 aromatic carbocycles. The van der Waals surface area contributed by atoms with Gasteiger partial charge in [0.25, 0.3) is 0 Å². The molecule has 1 aromatic rings. The van der Waals surface area contributed by atoms with Crippen LogP contribution in [0.25, 0.3) is 0 Å². The van der Waals surface area contributed by atoms with Crippen LogP contribution in [-0.2, 0) is 6.42 Å². The molecule has 5 heteroatoms. The van der Waals surface area contributed by atoms with Crippen molar-refractivity contribution in [3.63, 3.8) is 0 Å². The number of alkyl halides is 1. The van der Waals surface area contributed by atoms with Crippen molar-refractivity contribution in [1.29, 1.82) is 0 Å². The van der Waals surface area contributed by atoms with Crippen molar-refractivity contribution in [2.45, 2.75) is 6.42 Å². The summed E-state index contributed by atoms with van der Waals surface area (Å²) in [6, 6.07) is 1.55. The molecule has 60 valence electrons. The summed E-state index contributed by atoms with van der Waals surface area (Å²) in [5, 5.41) is 0. The molecular weight excluding hydrogens is 255 g/mol. The molecule has 0 unspecified atom stereocenters. The highest BCUT2D eigenvalue weighted by atomic mass is 127. The van der Waals surface area contributed by atoms with Gasteiger partial charge in [-0.2, -0.15) is 0 Å². The van der Waals surface area contributed by atoms with Gasteiger partial charge in [-0.25, -0.2) is 9.97 Å². The molecule has 0 aliphatic carbocycles. The van der Waals surface area contributed by atoms with Crippen molar-refractivity contribution in [2.75, 3.05) is 15.9 Å². The highest BCUT2D eigenvalue weighted by molar-refractivity contribution is 14.1. The molecule has 11 heavy (non-hydrogen) atoms. The highest BCUT2D eigenvalue weighted by Crippen LogP contribution is 2.05. The van der Waals surface area contributed by atoms with Crippen molar-refractivity contribution in [3.05, 3.63) is 11.9 Å². The minimum absolute atomic E-state index is 0.442. The van der Waals surface area contributed by atoms with Gasteiger partial charge in [-0.3, -0.25) is 0 Å². The molecule has 1 rings (SSSR count). The normalized spacial score (nSPS) is 9.91. The van der Waals surface area contributed by atoms with Gasteiger partial charge in [-0.15, -0.1) is 0 Å². The Hall–Kier alpha value is -0.590. The lowest BCUT2D eigenvalue weighted by molar-refractivity contribution is 0.967. The molecule has 0 radical (unpaired) electrons. The van der Waals surface area contributed by atoms with Crippen LogP contribution in [-0.4, -0.2) is 14.4 Å². The second-order valence-electron chi connectivity index (χ2n) is 2.07. The van der Waals surface area contributed by atoms with Gasteiger partial charge >= 0.3 is 0 Å². The maximum atomic E-state index is 5.46. The summed E-state index contributed by atoms with van der Waals surface area (Å²) in [6.07, 6.45) is 0.815. The second kappa shape index (κ2) is 3.70. The number of halogens is 1. The van der Waals surface area contributed by atoms with Crippen molar-refractivity contribution in [3.8, 4) is 0 Å². The largest absolute Gasteiger partial charge is 0.384 e. The molecule has 4 N–H and O–H groups in total. The maximum absolute atomic E-state index is 5.46. The summed E-state index contributed by atoms with van der Waals surface area (Å²) in [7, 11) is 0. The van der Waals surface area contributed by atoms with Crippen LogP contribution >= 0.6 is 22.6 Å². The van der Waals surface area contributed by atoms with Gasteiger partial charge in [0.1, 0.15) is 17.5 Å². The predicted molar refractivity (Wildman–Crippen MR) is 53.4 cm³/mol. The maximum Gasteiger partial charge on any atom is 0.133 e. The highest BCUT2D eigenvalue weighted by Gasteiger charge is 1.97. The van der Waals surface area contributed by atoms with E-state index in [-0.39, 0.29) is 0 Å². The third-order valence-electron chi connectivity index (χ3n) is 1.13. The predicted octanol–water partition coefficient (Wildman–Crippen LogP) is 0.619. The Morgan fingerprint density at radius 3 is 2.27 bits per heavy atom. The number of nitrogen functional groups attached to an aromatic ring is 2. The van der Waals surface area contributed by atoms with Crippen LogP contribution in [0.3, 0.4) is 0 Å². The van der Waals surface area contributed by atoms with Gasteiger partial charge in [0.15, 0.2) is 0 Å². The molecule has 0 amide bonds. The van der Waals surface area contributed by atoms with E-state index in [0.29, 0.717) is 11.6 Å². The minimum atomic E-state index is 0.442. The minimum Gasteiger partial charge on any atom is -0.384 e. The van der Waals surface area contributed by atoms with Crippen LogP contribution in [0, 0.1) is 0 Å². The molecule has 0 aliphatic rings. The number of aryl methyl sites for hydroxylation is 1. The van der Waals surface area contributed by atoms with Crippen LogP contribution in [0.5, 0.6) is 0 Å². The first-order valence-corrected chi connectivity index (χ1v) is 4.70. The van der Waals surface area contributed by atoms with Gasteiger partial charge in [0, 0.05) is 16.9 Å². The molecule has 1 heterocycles. The van der Waals surface area contributed by atoms with E-state index in [9.17, 15) is 0 Å². The third kappa shape index (κ3) is 2.49. The standard InChI is InChI=1S/C6H9IN4/c7-2-1-6-10-4(8)3-5(9)11-6/h3H,1-2H2,(H4,8,9,10,11). The van der Waals surface area contributed by atoms with E-state index in [1.165, 1.54) is 0 Å². The number of hydrogen-bond acceptors (Lipinski definition) is 4. The summed E-state index contributed by atoms with van der Waals surface area (Å²) in [5.41, 5.74) is 10.9. The smallest absolute Gasteiger partial charge is 0.133 e. The molecule has 0 atom stereocenters. The van der Waals surface area contributed by atoms with Crippen LogP contribution in [0.15, 0.2) is 6.07 Å². The lowest BCUT2D eigenvalue weighted by Crippen LogP contribution is -2.03. The van der Waals surface area contributed by atoms with Crippen LogP contribution < -0.4 is 11.5 Å². The lowest BCUT2D eigenvalue weighted by Gasteiger charge is -1.99. The van der Waals surface area contributed by atoms with E-state index in [0.717, 1.165) is 16.7 Å². The monoisotopic (exact) mass is 264 g/mol. The molecule has 0 fully saturated rings. The van der Waals surface area contributed by atoms with Gasteiger partial charge in [-0.05, 0) is 0 Å². The Balaban J connectivity index is 2.89. The molecule has 0 bridgehead atoms. The Labute approximate surface area is 78.5 Å². The van der Waals surface area contributed by atoms with Crippen molar-refractivity contribution < 1.29 is 0 Å². The van der Waals surface area contributed by atoms with Crippen molar-refractivity contribution in [1.82, 2.24) is 9.97 Å². The van der Waals surface area contributed by atoms with E-state index >= 15 is 0 Å². The third-order valence-corrected chi connectivity index (χ3v) is 1.67. The number of hydrogen-bond donors (Lipinski definition) is 2. The molecule has 0 saturated heterocycles. The Bertz CT molecular complexity index is 230. The number of nitrogens with zero attached hydrogens (tertiary/aromatic N) is 2. The summed E-state index contributed by atoms with van der Waals surface area (Å²) >= 11 is 2.25. The number of rotatable bonds is 2. The average Bonchev–Trinajstić information content (AvgIpc) is 1.85. The first-order valence-electron chi connectivity index (χ1n) is 3.17. The summed E-state index contributed by atoms with van der Waals surface area (Å²) in [4.78, 5) is 8.01. The fourth-order valence-corrected chi connectivity index (χ4v) is 1.22. The zero-order chi connectivity index (χ0) is 8.27. The summed E-state index contributed by atoms with van der Waals surface area (Å²) < 4.78 is 0.973. The Kier molecular flexibility index (Phi) is 2.86. The number of nitrogens with two attached hydrogens (primary N) is 2. The zero-order valence-electron chi connectivity index (χ0n) is 5.92. The molecule has 0 spiro atoms. The lowest BCUT2D eigenvalue weighted by atomic mass is 10.4. The topological polar surface area (TPSA) is 77.8 Å². The first-order chi connectivity index (χ1) is 5.22. The van der Waals surface area contributed by atoms with E-state index in [1.807, 2.05) is 0 Å². The van der Waals surface area contributed by atoms with E-state index in [4.69, 9.17) is 11.5 Å². The van der Waals surface area contributed by atoms with Crippen LogP contribution in [0.1, 0.15) is 5.82 Å². The summed E-state index contributed by atoms with van der Waals surface area (Å²) in [5.74, 6) is 1.60. The van der Waals surface area contributed by atoms with Gasteiger partial charge in [-0.1, -0.05) is 22.6 Å².